The van der Waals surface area contributed by atoms with Gasteiger partial charge in [0.2, 0.25) is 0 Å². The van der Waals surface area contributed by atoms with Gasteiger partial charge in [0.15, 0.2) is 5.88 Å². The summed E-state index contributed by atoms with van der Waals surface area (Å²) >= 11 is 3.44. The molecule has 0 unspecified atom stereocenters. The van der Waals surface area contributed by atoms with E-state index in [9.17, 15) is 15.2 Å². The third-order valence-electron chi connectivity index (χ3n) is 5.25. The fraction of sp³-hybridized carbons (Fsp3) is 0. The van der Waals surface area contributed by atoms with Crippen LogP contribution in [0.25, 0.3) is 22.2 Å². The van der Waals surface area contributed by atoms with Crippen LogP contribution in [0.1, 0.15) is 11.1 Å². The van der Waals surface area contributed by atoms with E-state index in [1.807, 2.05) is 48.5 Å². The SMILES string of the molecule is O=[N+]([O-])c1ccc2[nH]c(O)c(C(=Nc3ccc(-c4cnc[nH]4)cc3)c3ccc(Br)cc3)c2c1. The number of aromatic amines is 2. The standard InChI is InChI=1S/C24H16BrN5O3/c25-16-5-1-15(2-6-16)23(28-17-7-3-14(4-8-17)21-12-26-13-27-21)22-19-11-18(30(32)33)9-10-20(19)29-24(22)31/h1-13,29,31H,(H,26,27). The van der Waals surface area contributed by atoms with Gasteiger partial charge < -0.3 is 15.1 Å². The van der Waals surface area contributed by atoms with Crippen LogP contribution in [0, 0.1) is 10.1 Å². The van der Waals surface area contributed by atoms with E-state index in [-0.39, 0.29) is 11.6 Å². The average molecular weight is 502 g/mol. The van der Waals surface area contributed by atoms with Crippen molar-refractivity contribution in [3.8, 4) is 17.1 Å². The number of aliphatic imine (C=N–C) groups is 1. The maximum atomic E-state index is 11.4. The predicted octanol–water partition coefficient (Wildman–Crippen LogP) is 6.10. The first-order valence-electron chi connectivity index (χ1n) is 9.92. The second-order valence-electron chi connectivity index (χ2n) is 7.32. The molecule has 0 amide bonds. The van der Waals surface area contributed by atoms with Gasteiger partial charge in [-0.1, -0.05) is 40.2 Å². The molecular formula is C24H16BrN5O3. The smallest absolute Gasteiger partial charge is 0.270 e. The highest BCUT2D eigenvalue weighted by Crippen LogP contribution is 2.34. The van der Waals surface area contributed by atoms with Gasteiger partial charge in [-0.3, -0.25) is 10.1 Å². The monoisotopic (exact) mass is 501 g/mol. The number of aromatic nitrogens is 3. The number of non-ortho nitro benzene ring substituents is 1. The number of benzene rings is 3. The number of imidazole rings is 1. The molecular weight excluding hydrogens is 486 g/mol. The number of fused-ring (bicyclic) bond motifs is 1. The number of rotatable bonds is 5. The number of nitro benzene ring substituents is 1. The Balaban J connectivity index is 1.69. The third kappa shape index (κ3) is 4.01. The molecule has 0 radical (unpaired) electrons. The van der Waals surface area contributed by atoms with Gasteiger partial charge in [-0.2, -0.15) is 0 Å². The van der Waals surface area contributed by atoms with Gasteiger partial charge in [0.25, 0.3) is 5.69 Å². The molecule has 0 saturated carbocycles. The summed E-state index contributed by atoms with van der Waals surface area (Å²) in [5.74, 6) is -0.110. The summed E-state index contributed by atoms with van der Waals surface area (Å²) in [5.41, 5.74) is 4.65. The van der Waals surface area contributed by atoms with Crippen molar-refractivity contribution in [3.63, 3.8) is 0 Å². The number of H-pyrrole nitrogens is 2. The first-order chi connectivity index (χ1) is 16.0. The minimum Gasteiger partial charge on any atom is -0.494 e. The first kappa shape index (κ1) is 20.7. The molecule has 162 valence electrons. The molecule has 0 spiro atoms. The molecule has 2 aromatic heterocycles. The van der Waals surface area contributed by atoms with Gasteiger partial charge in [-0.05, 0) is 35.9 Å². The largest absolute Gasteiger partial charge is 0.494 e. The zero-order valence-corrected chi connectivity index (χ0v) is 18.6. The van der Waals surface area contributed by atoms with Crippen LogP contribution in [-0.2, 0) is 0 Å². The van der Waals surface area contributed by atoms with Crippen molar-refractivity contribution in [2.45, 2.75) is 0 Å². The normalized spacial score (nSPS) is 11.7. The second kappa shape index (κ2) is 8.36. The Hall–Kier alpha value is -4.24. The fourth-order valence-corrected chi connectivity index (χ4v) is 3.91. The lowest BCUT2D eigenvalue weighted by Gasteiger charge is -2.08. The van der Waals surface area contributed by atoms with E-state index in [1.54, 1.807) is 18.6 Å². The minimum absolute atomic E-state index is 0.0678. The van der Waals surface area contributed by atoms with Crippen LogP contribution in [0.4, 0.5) is 11.4 Å². The number of nitro groups is 1. The van der Waals surface area contributed by atoms with Crippen LogP contribution < -0.4 is 0 Å². The Kier molecular flexibility index (Phi) is 5.23. The van der Waals surface area contributed by atoms with Crippen molar-refractivity contribution in [2.75, 3.05) is 0 Å². The van der Waals surface area contributed by atoms with E-state index in [0.717, 1.165) is 21.3 Å². The molecule has 0 aliphatic rings. The van der Waals surface area contributed by atoms with Crippen LogP contribution in [0.15, 0.2) is 88.7 Å². The molecule has 3 N–H and O–H groups in total. The molecule has 0 atom stereocenters. The van der Waals surface area contributed by atoms with E-state index < -0.39 is 4.92 Å². The van der Waals surface area contributed by atoms with E-state index in [4.69, 9.17) is 4.99 Å². The minimum atomic E-state index is -0.460. The molecule has 33 heavy (non-hydrogen) atoms. The Morgan fingerprint density at radius 1 is 1.06 bits per heavy atom. The van der Waals surface area contributed by atoms with Crippen molar-refractivity contribution in [1.82, 2.24) is 15.0 Å². The van der Waals surface area contributed by atoms with Crippen LogP contribution in [0.2, 0.25) is 0 Å². The quantitative estimate of drug-likeness (QED) is 0.153. The lowest BCUT2D eigenvalue weighted by molar-refractivity contribution is -0.384. The van der Waals surface area contributed by atoms with Crippen molar-refractivity contribution < 1.29 is 10.0 Å². The average Bonchev–Trinajstić information content (AvgIpc) is 3.46. The maximum Gasteiger partial charge on any atom is 0.270 e. The number of hydrogen-bond acceptors (Lipinski definition) is 5. The van der Waals surface area contributed by atoms with Crippen molar-refractivity contribution >= 4 is 43.9 Å². The molecule has 0 saturated heterocycles. The predicted molar refractivity (Wildman–Crippen MR) is 130 cm³/mol. The highest BCUT2D eigenvalue weighted by molar-refractivity contribution is 9.10. The van der Waals surface area contributed by atoms with Gasteiger partial charge in [-0.15, -0.1) is 0 Å². The molecule has 2 heterocycles. The van der Waals surface area contributed by atoms with Gasteiger partial charge in [-0.25, -0.2) is 9.98 Å². The number of nitrogens with zero attached hydrogens (tertiary/aromatic N) is 3. The Morgan fingerprint density at radius 3 is 2.48 bits per heavy atom. The van der Waals surface area contributed by atoms with Gasteiger partial charge in [0.05, 0.1) is 40.1 Å². The lowest BCUT2D eigenvalue weighted by Crippen LogP contribution is -2.03. The number of halogens is 1. The van der Waals surface area contributed by atoms with Crippen LogP contribution in [0.5, 0.6) is 5.88 Å². The molecule has 0 aliphatic carbocycles. The Labute approximate surface area is 195 Å². The third-order valence-corrected chi connectivity index (χ3v) is 5.77. The summed E-state index contributed by atoms with van der Waals surface area (Å²) in [7, 11) is 0. The zero-order chi connectivity index (χ0) is 22.9. The summed E-state index contributed by atoms with van der Waals surface area (Å²) < 4.78 is 0.897. The molecule has 0 fully saturated rings. The number of hydrogen-bond donors (Lipinski definition) is 3. The molecule has 5 rings (SSSR count). The maximum absolute atomic E-state index is 11.4. The van der Waals surface area contributed by atoms with E-state index in [0.29, 0.717) is 27.9 Å². The lowest BCUT2D eigenvalue weighted by atomic mass is 10.0. The molecule has 0 bridgehead atoms. The molecule has 3 aromatic carbocycles. The zero-order valence-electron chi connectivity index (χ0n) is 17.0. The molecule has 8 nitrogen and oxygen atoms in total. The van der Waals surface area contributed by atoms with Crippen LogP contribution in [0.3, 0.4) is 0 Å². The van der Waals surface area contributed by atoms with Crippen molar-refractivity contribution in [3.05, 3.63) is 105 Å². The molecule has 0 aliphatic heterocycles. The summed E-state index contributed by atoms with van der Waals surface area (Å²) in [6.45, 7) is 0. The van der Waals surface area contributed by atoms with Gasteiger partial charge in [0.1, 0.15) is 0 Å². The number of nitrogens with one attached hydrogen (secondary N) is 2. The Bertz CT molecular complexity index is 1490. The fourth-order valence-electron chi connectivity index (χ4n) is 3.65. The van der Waals surface area contributed by atoms with Gasteiger partial charge in [0, 0.05) is 33.1 Å². The Morgan fingerprint density at radius 2 is 1.82 bits per heavy atom. The van der Waals surface area contributed by atoms with E-state index >= 15 is 0 Å². The summed E-state index contributed by atoms with van der Waals surface area (Å²) in [6, 6.07) is 19.5. The topological polar surface area (TPSA) is 120 Å². The highest BCUT2D eigenvalue weighted by atomic mass is 79.9. The van der Waals surface area contributed by atoms with Crippen LogP contribution >= 0.6 is 15.9 Å². The molecule has 9 heteroatoms. The van der Waals surface area contributed by atoms with E-state index in [1.165, 1.54) is 12.1 Å². The van der Waals surface area contributed by atoms with Crippen molar-refractivity contribution in [1.29, 1.82) is 0 Å². The molecule has 5 aromatic rings. The van der Waals surface area contributed by atoms with Crippen molar-refractivity contribution in [2.24, 2.45) is 4.99 Å². The van der Waals surface area contributed by atoms with E-state index in [2.05, 4.69) is 30.9 Å². The summed E-state index contributed by atoms with van der Waals surface area (Å²) in [5, 5.41) is 22.6. The number of aromatic hydroxyl groups is 1. The van der Waals surface area contributed by atoms with Gasteiger partial charge >= 0.3 is 0 Å². The first-order valence-corrected chi connectivity index (χ1v) is 10.7. The summed E-state index contributed by atoms with van der Waals surface area (Å²) in [4.78, 5) is 25.7. The summed E-state index contributed by atoms with van der Waals surface area (Å²) in [6.07, 6.45) is 3.36. The van der Waals surface area contributed by atoms with Crippen LogP contribution in [-0.4, -0.2) is 30.7 Å². The highest BCUT2D eigenvalue weighted by Gasteiger charge is 2.21. The second-order valence-corrected chi connectivity index (χ2v) is 8.23.